The van der Waals surface area contributed by atoms with Gasteiger partial charge < -0.3 is 5.32 Å². The van der Waals surface area contributed by atoms with Gasteiger partial charge in [0, 0.05) is 31.7 Å². The van der Waals surface area contributed by atoms with Crippen LogP contribution in [0.15, 0.2) is 29.2 Å². The normalized spacial score (nSPS) is 15.9. The summed E-state index contributed by atoms with van der Waals surface area (Å²) in [5.74, 6) is 0.988. The van der Waals surface area contributed by atoms with Gasteiger partial charge in [-0.3, -0.25) is 4.79 Å². The third-order valence-corrected chi connectivity index (χ3v) is 6.39. The predicted octanol–water partition coefficient (Wildman–Crippen LogP) is 5.64. The van der Waals surface area contributed by atoms with E-state index >= 15 is 0 Å². The Kier molecular flexibility index (Phi) is 8.88. The van der Waals surface area contributed by atoms with Crippen molar-refractivity contribution in [2.24, 2.45) is 0 Å². The summed E-state index contributed by atoms with van der Waals surface area (Å²) in [5.41, 5.74) is 0. The Morgan fingerprint density at radius 1 is 1.26 bits per heavy atom. The van der Waals surface area contributed by atoms with Gasteiger partial charge in [-0.15, -0.1) is 11.8 Å². The van der Waals surface area contributed by atoms with Crippen LogP contribution in [0.5, 0.6) is 0 Å². The molecule has 0 aliphatic heterocycles. The van der Waals surface area contributed by atoms with Gasteiger partial charge in [-0.1, -0.05) is 45.7 Å². The van der Waals surface area contributed by atoms with Crippen LogP contribution in [0.25, 0.3) is 0 Å². The number of nitrogens with one attached hydrogen (secondary N) is 1. The highest BCUT2D eigenvalue weighted by Gasteiger charge is 2.32. The van der Waals surface area contributed by atoms with Crippen molar-refractivity contribution in [3.63, 3.8) is 0 Å². The maximum absolute atomic E-state index is 9.81. The molecule has 0 radical (unpaired) electrons. The van der Waals surface area contributed by atoms with Crippen LogP contribution in [-0.4, -0.2) is 28.2 Å². The molecule has 0 spiro atoms. The maximum atomic E-state index is 9.81. The molecule has 0 bridgehead atoms. The lowest BCUT2D eigenvalue weighted by Crippen LogP contribution is -2.28. The first-order valence-corrected chi connectivity index (χ1v) is 10.2. The van der Waals surface area contributed by atoms with E-state index in [1.807, 2.05) is 35.7 Å². The molecule has 130 valence electrons. The number of halogens is 1. The smallest absolute Gasteiger partial charge is 0.207 e. The third kappa shape index (κ3) is 9.53. The van der Waals surface area contributed by atoms with Crippen LogP contribution >= 0.6 is 35.1 Å². The van der Waals surface area contributed by atoms with Gasteiger partial charge in [0.05, 0.1) is 0 Å². The molecule has 2 rings (SSSR count). The van der Waals surface area contributed by atoms with Gasteiger partial charge in [0.1, 0.15) is 0 Å². The van der Waals surface area contributed by atoms with Gasteiger partial charge in [-0.25, -0.2) is 0 Å². The average molecular weight is 374 g/mol. The molecule has 0 atom stereocenters. The second-order valence-corrected chi connectivity index (χ2v) is 10.9. The van der Waals surface area contributed by atoms with Crippen molar-refractivity contribution >= 4 is 41.5 Å². The first-order valence-electron chi connectivity index (χ1n) is 8.00. The molecule has 1 saturated carbocycles. The van der Waals surface area contributed by atoms with Crippen LogP contribution in [0.4, 0.5) is 0 Å². The van der Waals surface area contributed by atoms with Crippen molar-refractivity contribution in [3.8, 4) is 0 Å². The van der Waals surface area contributed by atoms with E-state index in [1.165, 1.54) is 24.2 Å². The van der Waals surface area contributed by atoms with Crippen LogP contribution in [0.3, 0.4) is 0 Å². The van der Waals surface area contributed by atoms with Gasteiger partial charge in [0.15, 0.2) is 0 Å². The van der Waals surface area contributed by atoms with E-state index in [9.17, 15) is 4.79 Å². The first-order chi connectivity index (χ1) is 10.7. The number of thioether (sulfide) groups is 2. The summed E-state index contributed by atoms with van der Waals surface area (Å²) in [6.07, 6.45) is 4.82. The van der Waals surface area contributed by atoms with Crippen LogP contribution in [0.2, 0.25) is 5.02 Å². The molecule has 1 aliphatic rings. The van der Waals surface area contributed by atoms with Gasteiger partial charge in [0.25, 0.3) is 0 Å². The summed E-state index contributed by atoms with van der Waals surface area (Å²) in [4.78, 5) is 11.1. The Morgan fingerprint density at radius 3 is 2.30 bits per heavy atom. The largest absolute Gasteiger partial charge is 0.358 e. The molecule has 0 heterocycles. The Hall–Kier alpha value is -0.320. The fourth-order valence-electron chi connectivity index (χ4n) is 2.04. The minimum Gasteiger partial charge on any atom is -0.358 e. The molecule has 1 N–H and O–H groups in total. The molecule has 1 fully saturated rings. The van der Waals surface area contributed by atoms with Gasteiger partial charge in [-0.05, 0) is 37.1 Å². The second kappa shape index (κ2) is 9.85. The highest BCUT2D eigenvalue weighted by atomic mass is 35.5. The van der Waals surface area contributed by atoms with Crippen LogP contribution < -0.4 is 5.32 Å². The zero-order chi connectivity index (χ0) is 17.3. The zero-order valence-corrected chi connectivity index (χ0v) is 16.9. The highest BCUT2D eigenvalue weighted by molar-refractivity contribution is 8.00. The van der Waals surface area contributed by atoms with E-state index in [1.54, 1.807) is 0 Å². The molecule has 5 heteroatoms. The minimum atomic E-state index is 0.310. The van der Waals surface area contributed by atoms with Crippen LogP contribution in [0, 0.1) is 0 Å². The molecule has 1 aromatic rings. The van der Waals surface area contributed by atoms with Crippen LogP contribution in [0.1, 0.15) is 47.0 Å². The fourth-order valence-corrected chi connectivity index (χ4v) is 4.33. The Morgan fingerprint density at radius 2 is 1.87 bits per heavy atom. The van der Waals surface area contributed by atoms with Gasteiger partial charge in [-0.2, -0.15) is 11.8 Å². The summed E-state index contributed by atoms with van der Waals surface area (Å²) in [5, 5.41) is 3.44. The number of carbonyl (C=O) groups excluding carboxylic acids is 1. The number of hydrogen-bond acceptors (Lipinski definition) is 3. The minimum absolute atomic E-state index is 0.310. The highest BCUT2D eigenvalue weighted by Crippen LogP contribution is 2.47. The van der Waals surface area contributed by atoms with Crippen molar-refractivity contribution in [1.82, 2.24) is 5.32 Å². The molecular weight excluding hydrogens is 346 g/mol. The lowest BCUT2D eigenvalue weighted by atomic mass is 9.86. The van der Waals surface area contributed by atoms with Crippen molar-refractivity contribution in [3.05, 3.63) is 29.3 Å². The SMILES string of the molecule is CC(C)(C)SCCNC=O.CC1(Sc2ccc(Cl)cc2)CCC1. The van der Waals surface area contributed by atoms with Gasteiger partial charge in [0.2, 0.25) is 6.41 Å². The van der Waals surface area contributed by atoms with Crippen molar-refractivity contribution < 1.29 is 4.79 Å². The third-order valence-electron chi connectivity index (χ3n) is 3.45. The molecule has 2 nitrogen and oxygen atoms in total. The number of carbonyl (C=O) groups is 1. The van der Waals surface area contributed by atoms with E-state index in [2.05, 4.69) is 45.1 Å². The average Bonchev–Trinajstić information content (AvgIpc) is 2.44. The molecule has 1 aliphatic carbocycles. The number of hydrogen-bond donors (Lipinski definition) is 1. The first kappa shape index (κ1) is 20.7. The summed E-state index contributed by atoms with van der Waals surface area (Å²) in [6.45, 7) is 9.61. The number of benzene rings is 1. The predicted molar refractivity (Wildman–Crippen MR) is 106 cm³/mol. The molecular formula is C18H28ClNOS2. The van der Waals surface area contributed by atoms with Crippen molar-refractivity contribution in [2.45, 2.75) is 61.3 Å². The van der Waals surface area contributed by atoms with E-state index < -0.39 is 0 Å². The Labute approximate surface area is 154 Å². The molecule has 0 unspecified atom stereocenters. The molecule has 1 aromatic carbocycles. The molecule has 23 heavy (non-hydrogen) atoms. The van der Waals surface area contributed by atoms with E-state index in [0.717, 1.165) is 23.7 Å². The Bertz CT molecular complexity index is 467. The monoisotopic (exact) mass is 373 g/mol. The van der Waals surface area contributed by atoms with Crippen LogP contribution in [-0.2, 0) is 4.79 Å². The second-order valence-electron chi connectivity index (χ2n) is 6.89. The van der Waals surface area contributed by atoms with E-state index in [-0.39, 0.29) is 0 Å². The maximum Gasteiger partial charge on any atom is 0.207 e. The molecule has 0 saturated heterocycles. The lowest BCUT2D eigenvalue weighted by Gasteiger charge is -2.37. The number of amides is 1. The Balaban J connectivity index is 0.000000241. The lowest BCUT2D eigenvalue weighted by molar-refractivity contribution is -0.109. The summed E-state index contributed by atoms with van der Waals surface area (Å²) < 4.78 is 0.804. The van der Waals surface area contributed by atoms with Crippen molar-refractivity contribution in [1.29, 1.82) is 0 Å². The summed E-state index contributed by atoms with van der Waals surface area (Å²) in [6, 6.07) is 8.14. The summed E-state index contributed by atoms with van der Waals surface area (Å²) >= 11 is 9.66. The van der Waals surface area contributed by atoms with Crippen molar-refractivity contribution in [2.75, 3.05) is 12.3 Å². The number of rotatable bonds is 6. The quantitative estimate of drug-likeness (QED) is 0.516. The fraction of sp³-hybridized carbons (Fsp3) is 0.611. The standard InChI is InChI=1S/C11H13ClS.C7H15NOS/c1-11(7-2-8-11)13-10-5-3-9(12)4-6-10;1-7(2,3)10-5-4-8-6-9/h3-6H,2,7-8H2,1H3;6H,4-5H2,1-3H3,(H,8,9). The molecule has 1 amide bonds. The summed E-state index contributed by atoms with van der Waals surface area (Å²) in [7, 11) is 0. The zero-order valence-electron chi connectivity index (χ0n) is 14.5. The van der Waals surface area contributed by atoms with E-state index in [4.69, 9.17) is 11.6 Å². The van der Waals surface area contributed by atoms with Gasteiger partial charge >= 0.3 is 0 Å². The van der Waals surface area contributed by atoms with E-state index in [0.29, 0.717) is 9.49 Å². The molecule has 0 aromatic heterocycles. The topological polar surface area (TPSA) is 29.1 Å².